The number of hydrogen-bond acceptors (Lipinski definition) is 3. The van der Waals surface area contributed by atoms with Crippen LogP contribution in [-0.2, 0) is 23.9 Å². The molecule has 1 saturated heterocycles. The number of nitrogens with zero attached hydrogens (tertiary/aromatic N) is 2. The van der Waals surface area contributed by atoms with Crippen molar-refractivity contribution in [3.63, 3.8) is 0 Å². The molecule has 0 aliphatic carbocycles. The molecule has 1 aliphatic heterocycles. The van der Waals surface area contributed by atoms with Gasteiger partial charge in [-0.3, -0.25) is 9.69 Å². The van der Waals surface area contributed by atoms with E-state index >= 15 is 0 Å². The van der Waals surface area contributed by atoms with E-state index in [1.165, 1.54) is 12.1 Å². The first kappa shape index (κ1) is 21.4. The van der Waals surface area contributed by atoms with Crippen molar-refractivity contribution in [1.29, 1.82) is 0 Å². The van der Waals surface area contributed by atoms with E-state index in [0.29, 0.717) is 19.5 Å². The third kappa shape index (κ3) is 5.25. The molecule has 4 rings (SSSR count). The summed E-state index contributed by atoms with van der Waals surface area (Å²) in [5.41, 5.74) is 1.99. The van der Waals surface area contributed by atoms with Crippen molar-refractivity contribution in [2.75, 3.05) is 13.1 Å². The SMILES string of the molecule is O=C(O)CC1CCN(Cc2ccc(C(F)(F)F)cc2)CC1Cc1nc2ccccc2[nH]1. The number of halogens is 3. The van der Waals surface area contributed by atoms with Crippen LogP contribution in [0.25, 0.3) is 11.0 Å². The molecule has 3 aromatic rings. The second kappa shape index (κ2) is 8.70. The fourth-order valence-electron chi connectivity index (χ4n) is 4.43. The van der Waals surface area contributed by atoms with E-state index in [9.17, 15) is 23.1 Å². The lowest BCUT2D eigenvalue weighted by Crippen LogP contribution is -2.41. The number of rotatable bonds is 6. The average molecular weight is 431 g/mol. The van der Waals surface area contributed by atoms with Gasteiger partial charge in [0.2, 0.25) is 0 Å². The van der Waals surface area contributed by atoms with E-state index in [0.717, 1.165) is 47.5 Å². The molecule has 2 atom stereocenters. The van der Waals surface area contributed by atoms with Crippen molar-refractivity contribution >= 4 is 17.0 Å². The molecule has 2 aromatic carbocycles. The number of aromatic nitrogens is 2. The van der Waals surface area contributed by atoms with Gasteiger partial charge in [-0.25, -0.2) is 4.98 Å². The van der Waals surface area contributed by atoms with Crippen molar-refractivity contribution in [2.24, 2.45) is 11.8 Å². The standard InChI is InChI=1S/C23H24F3N3O2/c24-23(25,26)18-7-5-15(6-8-18)13-29-10-9-16(12-22(30)31)17(14-29)11-21-27-19-3-1-2-4-20(19)28-21/h1-8,16-17H,9-14H2,(H,27,28)(H,30,31). The molecule has 1 fully saturated rings. The molecule has 0 spiro atoms. The normalized spacial score (nSPS) is 20.2. The second-order valence-corrected chi connectivity index (χ2v) is 8.24. The van der Waals surface area contributed by atoms with Crippen LogP contribution in [0.2, 0.25) is 0 Å². The Morgan fingerprint density at radius 3 is 2.55 bits per heavy atom. The van der Waals surface area contributed by atoms with Crippen molar-refractivity contribution in [1.82, 2.24) is 14.9 Å². The maximum absolute atomic E-state index is 12.8. The Morgan fingerprint density at radius 2 is 1.87 bits per heavy atom. The van der Waals surface area contributed by atoms with Gasteiger partial charge < -0.3 is 10.1 Å². The zero-order chi connectivity index (χ0) is 22.0. The van der Waals surface area contributed by atoms with Crippen LogP contribution in [0, 0.1) is 11.8 Å². The minimum absolute atomic E-state index is 0.0366. The summed E-state index contributed by atoms with van der Waals surface area (Å²) < 4.78 is 38.4. The number of likely N-dealkylation sites (tertiary alicyclic amines) is 1. The molecule has 2 heterocycles. The number of carbonyl (C=O) groups is 1. The number of para-hydroxylation sites is 2. The van der Waals surface area contributed by atoms with Gasteiger partial charge in [0, 0.05) is 25.9 Å². The van der Waals surface area contributed by atoms with Crippen LogP contribution in [0.1, 0.15) is 29.8 Å². The van der Waals surface area contributed by atoms with Crippen LogP contribution >= 0.6 is 0 Å². The van der Waals surface area contributed by atoms with Gasteiger partial charge in [0.05, 0.1) is 16.6 Å². The Kier molecular flexibility index (Phi) is 6.00. The van der Waals surface area contributed by atoms with Gasteiger partial charge in [-0.2, -0.15) is 13.2 Å². The Labute approximate surface area is 177 Å². The van der Waals surface area contributed by atoms with E-state index in [2.05, 4.69) is 14.9 Å². The predicted molar refractivity (Wildman–Crippen MR) is 110 cm³/mol. The lowest BCUT2D eigenvalue weighted by molar-refractivity contribution is -0.139. The number of alkyl halides is 3. The van der Waals surface area contributed by atoms with Crippen LogP contribution < -0.4 is 0 Å². The van der Waals surface area contributed by atoms with Crippen LogP contribution in [0.3, 0.4) is 0 Å². The zero-order valence-corrected chi connectivity index (χ0v) is 16.9. The molecule has 2 unspecified atom stereocenters. The second-order valence-electron chi connectivity index (χ2n) is 8.24. The third-order valence-corrected chi connectivity index (χ3v) is 5.99. The lowest BCUT2D eigenvalue weighted by atomic mass is 9.81. The summed E-state index contributed by atoms with van der Waals surface area (Å²) in [4.78, 5) is 21.5. The van der Waals surface area contributed by atoms with E-state index in [1.807, 2.05) is 24.3 Å². The summed E-state index contributed by atoms with van der Waals surface area (Å²) in [6.07, 6.45) is -2.86. The van der Waals surface area contributed by atoms with Gasteiger partial charge in [-0.15, -0.1) is 0 Å². The zero-order valence-electron chi connectivity index (χ0n) is 16.9. The first-order chi connectivity index (χ1) is 14.8. The van der Waals surface area contributed by atoms with Crippen molar-refractivity contribution in [3.8, 4) is 0 Å². The average Bonchev–Trinajstić information content (AvgIpc) is 3.12. The number of carboxylic acids is 1. The van der Waals surface area contributed by atoms with Crippen LogP contribution in [0.4, 0.5) is 13.2 Å². The van der Waals surface area contributed by atoms with Crippen molar-refractivity contribution in [2.45, 2.75) is 32.0 Å². The topological polar surface area (TPSA) is 69.2 Å². The number of piperidine rings is 1. The number of hydrogen-bond donors (Lipinski definition) is 2. The maximum atomic E-state index is 12.8. The number of aliphatic carboxylic acids is 1. The molecule has 2 N–H and O–H groups in total. The predicted octanol–water partition coefficient (Wildman–Crippen LogP) is 4.74. The minimum atomic E-state index is -4.34. The van der Waals surface area contributed by atoms with Gasteiger partial charge in [-0.05, 0) is 54.6 Å². The summed E-state index contributed by atoms with van der Waals surface area (Å²) in [6.45, 7) is 1.93. The molecule has 0 amide bonds. The molecule has 5 nitrogen and oxygen atoms in total. The summed E-state index contributed by atoms with van der Waals surface area (Å²) in [5, 5.41) is 9.33. The molecule has 0 saturated carbocycles. The van der Waals surface area contributed by atoms with Crippen LogP contribution in [-0.4, -0.2) is 39.0 Å². The quantitative estimate of drug-likeness (QED) is 0.592. The Balaban J connectivity index is 1.47. The number of benzene rings is 2. The smallest absolute Gasteiger partial charge is 0.416 e. The van der Waals surface area contributed by atoms with E-state index in [1.54, 1.807) is 0 Å². The number of imidazole rings is 1. The monoisotopic (exact) mass is 431 g/mol. The summed E-state index contributed by atoms with van der Waals surface area (Å²) in [6, 6.07) is 13.0. The highest BCUT2D eigenvalue weighted by atomic mass is 19.4. The molecule has 1 aromatic heterocycles. The van der Waals surface area contributed by atoms with E-state index in [-0.39, 0.29) is 18.3 Å². The number of H-pyrrole nitrogens is 1. The molecule has 8 heteroatoms. The largest absolute Gasteiger partial charge is 0.481 e. The highest BCUT2D eigenvalue weighted by Crippen LogP contribution is 2.32. The van der Waals surface area contributed by atoms with Crippen LogP contribution in [0.15, 0.2) is 48.5 Å². The highest BCUT2D eigenvalue weighted by molar-refractivity contribution is 5.74. The molecular formula is C23H24F3N3O2. The van der Waals surface area contributed by atoms with Gasteiger partial charge in [0.15, 0.2) is 0 Å². The lowest BCUT2D eigenvalue weighted by Gasteiger charge is -2.38. The number of carboxylic acid groups (broad SMARTS) is 1. The fourth-order valence-corrected chi connectivity index (χ4v) is 4.43. The van der Waals surface area contributed by atoms with Crippen molar-refractivity contribution in [3.05, 3.63) is 65.5 Å². The minimum Gasteiger partial charge on any atom is -0.481 e. The first-order valence-corrected chi connectivity index (χ1v) is 10.3. The summed E-state index contributed by atoms with van der Waals surface area (Å²) in [5.74, 6) is 0.156. The fraction of sp³-hybridized carbons (Fsp3) is 0.391. The van der Waals surface area contributed by atoms with E-state index < -0.39 is 17.7 Å². The highest BCUT2D eigenvalue weighted by Gasteiger charge is 2.32. The first-order valence-electron chi connectivity index (χ1n) is 10.3. The van der Waals surface area contributed by atoms with Crippen molar-refractivity contribution < 1.29 is 23.1 Å². The Bertz CT molecular complexity index is 1010. The summed E-state index contributed by atoms with van der Waals surface area (Å²) in [7, 11) is 0. The van der Waals surface area contributed by atoms with Gasteiger partial charge in [-0.1, -0.05) is 24.3 Å². The molecule has 31 heavy (non-hydrogen) atoms. The van der Waals surface area contributed by atoms with E-state index in [4.69, 9.17) is 0 Å². The molecule has 0 radical (unpaired) electrons. The molecule has 164 valence electrons. The number of nitrogens with one attached hydrogen (secondary N) is 1. The number of fused-ring (bicyclic) bond motifs is 1. The van der Waals surface area contributed by atoms with Crippen LogP contribution in [0.5, 0.6) is 0 Å². The molecular weight excluding hydrogens is 407 g/mol. The summed E-state index contributed by atoms with van der Waals surface area (Å²) >= 11 is 0. The van der Waals surface area contributed by atoms with Gasteiger partial charge >= 0.3 is 12.1 Å². The molecule has 0 bridgehead atoms. The van der Waals surface area contributed by atoms with Gasteiger partial charge in [0.25, 0.3) is 0 Å². The third-order valence-electron chi connectivity index (χ3n) is 5.99. The Hall–Kier alpha value is -2.87. The number of aromatic amines is 1. The maximum Gasteiger partial charge on any atom is 0.416 e. The molecule has 1 aliphatic rings. The van der Waals surface area contributed by atoms with Gasteiger partial charge in [0.1, 0.15) is 5.82 Å². The Morgan fingerprint density at radius 1 is 1.13 bits per heavy atom.